The summed E-state index contributed by atoms with van der Waals surface area (Å²) in [5, 5.41) is 10.2. The number of Topliss-reactive ketones (excluding diaryl/α,β-unsaturated/α-hetero) is 1. The average molecular weight is 360 g/mol. The minimum Gasteiger partial charge on any atom is -0.507 e. The zero-order valence-electron chi connectivity index (χ0n) is 15.2. The molecule has 3 aromatic rings. The Balaban J connectivity index is 1.95. The van der Waals surface area contributed by atoms with Gasteiger partial charge in [0.2, 0.25) is 5.78 Å². The molecular formula is C23H20O4. The van der Waals surface area contributed by atoms with Gasteiger partial charge in [0, 0.05) is 11.1 Å². The van der Waals surface area contributed by atoms with Gasteiger partial charge in [0.05, 0.1) is 0 Å². The fourth-order valence-electron chi connectivity index (χ4n) is 2.76. The quantitative estimate of drug-likeness (QED) is 0.525. The Morgan fingerprint density at radius 2 is 1.52 bits per heavy atom. The summed E-state index contributed by atoms with van der Waals surface area (Å²) in [6.45, 7) is 3.63. The third-order valence-electron chi connectivity index (χ3n) is 4.36. The van der Waals surface area contributed by atoms with Gasteiger partial charge in [0.15, 0.2) is 6.10 Å². The molecule has 0 aliphatic carbocycles. The molecule has 0 spiro atoms. The largest absolute Gasteiger partial charge is 0.507 e. The van der Waals surface area contributed by atoms with Gasteiger partial charge in [-0.15, -0.1) is 0 Å². The molecule has 27 heavy (non-hydrogen) atoms. The minimum atomic E-state index is -1.10. The summed E-state index contributed by atoms with van der Waals surface area (Å²) in [6, 6.07) is 20.8. The van der Waals surface area contributed by atoms with E-state index in [1.807, 2.05) is 25.1 Å². The van der Waals surface area contributed by atoms with Crippen molar-refractivity contribution in [2.45, 2.75) is 20.0 Å². The second kappa shape index (κ2) is 7.87. The zero-order valence-corrected chi connectivity index (χ0v) is 15.2. The molecule has 0 fully saturated rings. The van der Waals surface area contributed by atoms with E-state index in [0.29, 0.717) is 16.7 Å². The highest BCUT2D eigenvalue weighted by Gasteiger charge is 2.27. The number of aromatic hydroxyl groups is 1. The van der Waals surface area contributed by atoms with Gasteiger partial charge >= 0.3 is 5.97 Å². The van der Waals surface area contributed by atoms with Crippen LogP contribution in [0.1, 0.15) is 43.5 Å². The maximum absolute atomic E-state index is 13.0. The van der Waals surface area contributed by atoms with Crippen molar-refractivity contribution in [3.63, 3.8) is 0 Å². The van der Waals surface area contributed by atoms with Crippen LogP contribution < -0.4 is 0 Å². The molecule has 3 aromatic carbocycles. The Morgan fingerprint density at radius 1 is 0.852 bits per heavy atom. The maximum Gasteiger partial charge on any atom is 0.342 e. The van der Waals surface area contributed by atoms with E-state index in [1.165, 1.54) is 6.07 Å². The molecule has 0 aliphatic rings. The van der Waals surface area contributed by atoms with Gasteiger partial charge in [-0.1, -0.05) is 72.3 Å². The van der Waals surface area contributed by atoms with E-state index in [9.17, 15) is 14.7 Å². The smallest absolute Gasteiger partial charge is 0.342 e. The Bertz CT molecular complexity index is 959. The van der Waals surface area contributed by atoms with Gasteiger partial charge in [-0.2, -0.15) is 0 Å². The van der Waals surface area contributed by atoms with Gasteiger partial charge in [0.25, 0.3) is 0 Å². The highest BCUT2D eigenvalue weighted by Crippen LogP contribution is 2.28. The Labute approximate surface area is 158 Å². The first-order valence-corrected chi connectivity index (χ1v) is 8.63. The van der Waals surface area contributed by atoms with Crippen LogP contribution in [-0.4, -0.2) is 16.9 Å². The summed E-state index contributed by atoms with van der Waals surface area (Å²) in [5.74, 6) is -1.20. The van der Waals surface area contributed by atoms with E-state index in [2.05, 4.69) is 0 Å². The lowest BCUT2D eigenvalue weighted by Gasteiger charge is -2.18. The molecule has 0 aromatic heterocycles. The molecular weight excluding hydrogens is 340 g/mol. The normalized spacial score (nSPS) is 11.6. The van der Waals surface area contributed by atoms with E-state index in [4.69, 9.17) is 4.74 Å². The second-order valence-electron chi connectivity index (χ2n) is 6.40. The molecule has 4 heteroatoms. The Hall–Kier alpha value is -3.40. The SMILES string of the molecule is Cc1ccc(C(=O)C(OC(=O)c2cccc(C)c2O)c2ccccc2)cc1. The van der Waals surface area contributed by atoms with Gasteiger partial charge in [-0.25, -0.2) is 4.79 Å². The Kier molecular flexibility index (Phi) is 5.36. The zero-order chi connectivity index (χ0) is 19.4. The monoisotopic (exact) mass is 360 g/mol. The third-order valence-corrected chi connectivity index (χ3v) is 4.36. The summed E-state index contributed by atoms with van der Waals surface area (Å²) in [7, 11) is 0. The van der Waals surface area contributed by atoms with Gasteiger partial charge in [-0.3, -0.25) is 4.79 Å². The summed E-state index contributed by atoms with van der Waals surface area (Å²) in [6.07, 6.45) is -1.10. The maximum atomic E-state index is 13.0. The number of phenols is 1. The van der Waals surface area contributed by atoms with Crippen LogP contribution in [0.3, 0.4) is 0 Å². The van der Waals surface area contributed by atoms with Crippen LogP contribution in [0.5, 0.6) is 5.75 Å². The summed E-state index contributed by atoms with van der Waals surface area (Å²) in [4.78, 5) is 25.7. The lowest BCUT2D eigenvalue weighted by Crippen LogP contribution is -2.20. The van der Waals surface area contributed by atoms with Crippen molar-refractivity contribution in [1.82, 2.24) is 0 Å². The molecule has 0 amide bonds. The van der Waals surface area contributed by atoms with Gasteiger partial charge in [0.1, 0.15) is 11.3 Å². The van der Waals surface area contributed by atoms with Crippen molar-refractivity contribution >= 4 is 11.8 Å². The fourth-order valence-corrected chi connectivity index (χ4v) is 2.76. The van der Waals surface area contributed by atoms with Gasteiger partial charge < -0.3 is 9.84 Å². The number of aryl methyl sites for hydroxylation is 2. The standard InChI is InChI=1S/C23H20O4/c1-15-11-13-17(14-12-15)21(25)22(18-8-4-3-5-9-18)27-23(26)19-10-6-7-16(2)20(19)24/h3-14,22,24H,1-2H3. The van der Waals surface area contributed by atoms with Crippen molar-refractivity contribution in [3.05, 3.63) is 101 Å². The van der Waals surface area contributed by atoms with Crippen molar-refractivity contribution in [3.8, 4) is 5.75 Å². The lowest BCUT2D eigenvalue weighted by atomic mass is 9.99. The molecule has 1 atom stereocenters. The number of ketones is 1. The third kappa shape index (κ3) is 4.06. The molecule has 0 bridgehead atoms. The molecule has 0 aliphatic heterocycles. The van der Waals surface area contributed by atoms with Crippen LogP contribution in [0.25, 0.3) is 0 Å². The van der Waals surface area contributed by atoms with E-state index >= 15 is 0 Å². The van der Waals surface area contributed by atoms with Crippen molar-refractivity contribution < 1.29 is 19.4 Å². The number of ether oxygens (including phenoxy) is 1. The molecule has 0 saturated heterocycles. The number of carbonyl (C=O) groups is 2. The highest BCUT2D eigenvalue weighted by atomic mass is 16.5. The molecule has 4 nitrogen and oxygen atoms in total. The number of benzene rings is 3. The van der Waals surface area contributed by atoms with Crippen molar-refractivity contribution in [2.75, 3.05) is 0 Å². The van der Waals surface area contributed by atoms with Crippen LogP contribution in [0, 0.1) is 13.8 Å². The molecule has 0 heterocycles. The molecule has 0 radical (unpaired) electrons. The van der Waals surface area contributed by atoms with Crippen molar-refractivity contribution in [2.24, 2.45) is 0 Å². The van der Waals surface area contributed by atoms with Gasteiger partial charge in [-0.05, 0) is 25.5 Å². The van der Waals surface area contributed by atoms with E-state index in [1.54, 1.807) is 55.5 Å². The second-order valence-corrected chi connectivity index (χ2v) is 6.40. The molecule has 3 rings (SSSR count). The summed E-state index contributed by atoms with van der Waals surface area (Å²) < 4.78 is 5.56. The topological polar surface area (TPSA) is 63.6 Å². The molecule has 1 N–H and O–H groups in total. The number of hydrogen-bond acceptors (Lipinski definition) is 4. The van der Waals surface area contributed by atoms with Crippen molar-refractivity contribution in [1.29, 1.82) is 0 Å². The first-order chi connectivity index (χ1) is 13.0. The Morgan fingerprint density at radius 3 is 2.19 bits per heavy atom. The molecule has 136 valence electrons. The average Bonchev–Trinajstić information content (AvgIpc) is 2.69. The summed E-state index contributed by atoms with van der Waals surface area (Å²) >= 11 is 0. The lowest BCUT2D eigenvalue weighted by molar-refractivity contribution is 0.0277. The number of phenolic OH excluding ortho intramolecular Hbond substituents is 1. The number of esters is 1. The fraction of sp³-hybridized carbons (Fsp3) is 0.130. The van der Waals surface area contributed by atoms with Crippen LogP contribution >= 0.6 is 0 Å². The number of rotatable bonds is 5. The first-order valence-electron chi connectivity index (χ1n) is 8.63. The summed E-state index contributed by atoms with van der Waals surface area (Å²) in [5.41, 5.74) is 2.65. The number of carbonyl (C=O) groups excluding carboxylic acids is 2. The number of para-hydroxylation sites is 1. The van der Waals surface area contributed by atoms with E-state index in [-0.39, 0.29) is 17.1 Å². The molecule has 1 unspecified atom stereocenters. The van der Waals surface area contributed by atoms with Crippen LogP contribution in [0.15, 0.2) is 72.8 Å². The first kappa shape index (κ1) is 18.4. The predicted molar refractivity (Wildman–Crippen MR) is 103 cm³/mol. The highest BCUT2D eigenvalue weighted by molar-refractivity contribution is 6.02. The van der Waals surface area contributed by atoms with E-state index in [0.717, 1.165) is 5.56 Å². The minimum absolute atomic E-state index is 0.0348. The van der Waals surface area contributed by atoms with Crippen LogP contribution in [-0.2, 0) is 4.74 Å². The predicted octanol–water partition coefficient (Wildman–Crippen LogP) is 4.79. The number of hydrogen-bond donors (Lipinski definition) is 1. The van der Waals surface area contributed by atoms with Crippen LogP contribution in [0.2, 0.25) is 0 Å². The molecule has 0 saturated carbocycles. The van der Waals surface area contributed by atoms with E-state index < -0.39 is 12.1 Å². The van der Waals surface area contributed by atoms with Crippen LogP contribution in [0.4, 0.5) is 0 Å².